The van der Waals surface area contributed by atoms with Crippen LogP contribution in [0, 0.1) is 6.92 Å². The topological polar surface area (TPSA) is 91.4 Å². The predicted octanol–water partition coefficient (Wildman–Crippen LogP) is 1.14. The molecule has 3 N–H and O–H groups in total. The molecule has 1 fully saturated rings. The van der Waals surface area contributed by atoms with Crippen LogP contribution in [0.3, 0.4) is 0 Å². The Balaban J connectivity index is 2.12. The van der Waals surface area contributed by atoms with Crippen molar-refractivity contribution in [2.24, 2.45) is 0 Å². The number of ether oxygens (including phenoxy) is 1. The summed E-state index contributed by atoms with van der Waals surface area (Å²) in [5, 5.41) is 11.5. The zero-order valence-corrected chi connectivity index (χ0v) is 9.45. The van der Waals surface area contributed by atoms with Crippen LogP contribution < -0.4 is 5.32 Å². The van der Waals surface area contributed by atoms with E-state index in [1.165, 1.54) is 0 Å². The van der Waals surface area contributed by atoms with Gasteiger partial charge in [0.2, 0.25) is 0 Å². The first-order valence-electron chi connectivity index (χ1n) is 5.43. The molecule has 0 unspecified atom stereocenters. The van der Waals surface area contributed by atoms with Gasteiger partial charge in [0.25, 0.3) is 5.91 Å². The number of aryl methyl sites for hydroxylation is 1. The molecule has 0 aromatic carbocycles. The number of carboxylic acids is 1. The molecule has 1 aliphatic rings. The lowest BCUT2D eigenvalue weighted by Gasteiger charge is -2.09. The number of H-pyrrole nitrogens is 1. The van der Waals surface area contributed by atoms with Crippen LogP contribution in [0.2, 0.25) is 0 Å². The van der Waals surface area contributed by atoms with Gasteiger partial charge in [-0.15, -0.1) is 0 Å². The molecule has 0 radical (unpaired) electrons. The van der Waals surface area contributed by atoms with Crippen LogP contribution in [-0.4, -0.2) is 34.7 Å². The zero-order valence-electron chi connectivity index (χ0n) is 9.45. The van der Waals surface area contributed by atoms with Gasteiger partial charge in [-0.3, -0.25) is 4.79 Å². The van der Waals surface area contributed by atoms with Crippen LogP contribution in [0.25, 0.3) is 0 Å². The van der Waals surface area contributed by atoms with Gasteiger partial charge >= 0.3 is 5.97 Å². The summed E-state index contributed by atoms with van der Waals surface area (Å²) in [7, 11) is 0. The number of rotatable bonds is 3. The van der Waals surface area contributed by atoms with Crippen LogP contribution in [0.4, 0.5) is 5.69 Å². The fourth-order valence-electron chi connectivity index (χ4n) is 1.85. The maximum atomic E-state index is 11.8. The average molecular weight is 238 g/mol. The first kappa shape index (κ1) is 11.7. The van der Waals surface area contributed by atoms with Gasteiger partial charge in [0, 0.05) is 12.3 Å². The van der Waals surface area contributed by atoms with E-state index in [4.69, 9.17) is 9.84 Å². The Morgan fingerprint density at radius 1 is 1.59 bits per heavy atom. The minimum atomic E-state index is -1.10. The summed E-state index contributed by atoms with van der Waals surface area (Å²) in [6.07, 6.45) is 1.07. The fourth-order valence-corrected chi connectivity index (χ4v) is 1.85. The number of aromatic carboxylic acids is 1. The Morgan fingerprint density at radius 3 is 2.94 bits per heavy atom. The van der Waals surface area contributed by atoms with Crippen molar-refractivity contribution in [1.82, 2.24) is 4.98 Å². The summed E-state index contributed by atoms with van der Waals surface area (Å²) in [5.74, 6) is -1.38. The first-order valence-corrected chi connectivity index (χ1v) is 5.43. The first-order chi connectivity index (χ1) is 8.08. The predicted molar refractivity (Wildman–Crippen MR) is 60.1 cm³/mol. The molecule has 1 aromatic heterocycles. The second-order valence-electron chi connectivity index (χ2n) is 4.04. The highest BCUT2D eigenvalue weighted by molar-refractivity contribution is 6.01. The molecule has 0 bridgehead atoms. The minimum Gasteiger partial charge on any atom is -0.477 e. The number of carbonyl (C=O) groups is 2. The molecule has 1 atom stereocenters. The van der Waals surface area contributed by atoms with Gasteiger partial charge < -0.3 is 20.1 Å². The lowest BCUT2D eigenvalue weighted by Crippen LogP contribution is -2.27. The number of hydrogen-bond donors (Lipinski definition) is 3. The van der Waals surface area contributed by atoms with Crippen LogP contribution >= 0.6 is 0 Å². The Morgan fingerprint density at radius 2 is 2.35 bits per heavy atom. The molecule has 2 heterocycles. The Hall–Kier alpha value is -1.82. The maximum Gasteiger partial charge on any atom is 0.354 e. The molecule has 0 aliphatic carbocycles. The molecule has 17 heavy (non-hydrogen) atoms. The van der Waals surface area contributed by atoms with Crippen molar-refractivity contribution < 1.29 is 19.4 Å². The van der Waals surface area contributed by atoms with Gasteiger partial charge in [-0.2, -0.15) is 0 Å². The largest absolute Gasteiger partial charge is 0.477 e. The highest BCUT2D eigenvalue weighted by Gasteiger charge is 2.25. The van der Waals surface area contributed by atoms with Gasteiger partial charge in [0.05, 0.1) is 5.69 Å². The molecule has 1 aliphatic heterocycles. The number of amides is 1. The van der Waals surface area contributed by atoms with E-state index in [2.05, 4.69) is 10.3 Å². The lowest BCUT2D eigenvalue weighted by molar-refractivity contribution is -0.124. The lowest BCUT2D eigenvalue weighted by atomic mass is 10.2. The van der Waals surface area contributed by atoms with Crippen molar-refractivity contribution in [3.63, 3.8) is 0 Å². The fraction of sp³-hybridized carbons (Fsp3) is 0.455. The van der Waals surface area contributed by atoms with E-state index in [9.17, 15) is 9.59 Å². The Bertz CT molecular complexity index is 446. The van der Waals surface area contributed by atoms with E-state index < -0.39 is 12.1 Å². The molecule has 1 aromatic rings. The number of nitrogens with one attached hydrogen (secondary N) is 2. The van der Waals surface area contributed by atoms with Crippen molar-refractivity contribution in [1.29, 1.82) is 0 Å². The summed E-state index contributed by atoms with van der Waals surface area (Å²) in [5.41, 5.74) is 0.967. The van der Waals surface area contributed by atoms with Crippen LogP contribution in [0.1, 0.15) is 29.0 Å². The summed E-state index contributed by atoms with van der Waals surface area (Å²) in [6.45, 7) is 2.31. The molecule has 0 saturated carbocycles. The van der Waals surface area contributed by atoms with Gasteiger partial charge in [-0.25, -0.2) is 4.79 Å². The van der Waals surface area contributed by atoms with Crippen molar-refractivity contribution in [2.75, 3.05) is 11.9 Å². The number of carboxylic acid groups (broad SMARTS) is 1. The van der Waals surface area contributed by atoms with Gasteiger partial charge in [0.15, 0.2) is 0 Å². The molecule has 1 amide bonds. The smallest absolute Gasteiger partial charge is 0.354 e. The van der Waals surface area contributed by atoms with E-state index in [1.807, 2.05) is 0 Å². The monoisotopic (exact) mass is 238 g/mol. The van der Waals surface area contributed by atoms with Crippen molar-refractivity contribution in [2.45, 2.75) is 25.9 Å². The van der Waals surface area contributed by atoms with Crippen LogP contribution in [0.5, 0.6) is 0 Å². The van der Waals surface area contributed by atoms with Gasteiger partial charge in [-0.1, -0.05) is 0 Å². The quantitative estimate of drug-likeness (QED) is 0.736. The molecule has 0 spiro atoms. The third kappa shape index (κ3) is 2.47. The summed E-state index contributed by atoms with van der Waals surface area (Å²) >= 11 is 0. The normalized spacial score (nSPS) is 19.2. The van der Waals surface area contributed by atoms with Crippen molar-refractivity contribution in [3.05, 3.63) is 17.5 Å². The highest BCUT2D eigenvalue weighted by Crippen LogP contribution is 2.19. The van der Waals surface area contributed by atoms with Crippen molar-refractivity contribution >= 4 is 17.6 Å². The molecule has 6 heteroatoms. The molecule has 92 valence electrons. The van der Waals surface area contributed by atoms with E-state index in [-0.39, 0.29) is 17.3 Å². The van der Waals surface area contributed by atoms with E-state index in [0.717, 1.165) is 6.42 Å². The molecule has 1 saturated heterocycles. The summed E-state index contributed by atoms with van der Waals surface area (Å²) in [6, 6.07) is 1.59. The van der Waals surface area contributed by atoms with Gasteiger partial charge in [-0.05, 0) is 25.8 Å². The Labute approximate surface area is 98.0 Å². The number of aromatic nitrogens is 1. The maximum absolute atomic E-state index is 11.8. The number of aromatic amines is 1. The SMILES string of the molecule is Cc1cc(NC(=O)[C@H]2CCCO2)c(C(=O)O)[nH]1. The minimum absolute atomic E-state index is 0.00570. The summed E-state index contributed by atoms with van der Waals surface area (Å²) < 4.78 is 5.22. The third-order valence-corrected chi connectivity index (χ3v) is 2.65. The molecule has 6 nitrogen and oxygen atoms in total. The van der Waals surface area contributed by atoms with E-state index >= 15 is 0 Å². The second-order valence-corrected chi connectivity index (χ2v) is 4.04. The molecular weight excluding hydrogens is 224 g/mol. The van der Waals surface area contributed by atoms with E-state index in [1.54, 1.807) is 13.0 Å². The Kier molecular flexibility index (Phi) is 3.14. The van der Waals surface area contributed by atoms with Crippen LogP contribution in [-0.2, 0) is 9.53 Å². The second kappa shape index (κ2) is 4.58. The average Bonchev–Trinajstić information content (AvgIpc) is 2.86. The molecule has 2 rings (SSSR count). The number of anilines is 1. The summed E-state index contributed by atoms with van der Waals surface area (Å²) in [4.78, 5) is 25.4. The van der Waals surface area contributed by atoms with E-state index in [0.29, 0.717) is 18.7 Å². The standard InChI is InChI=1S/C11H14N2O4/c1-6-5-7(9(12-6)11(15)16)13-10(14)8-3-2-4-17-8/h5,8,12H,2-4H2,1H3,(H,13,14)(H,15,16)/t8-/m1/s1. The van der Waals surface area contributed by atoms with Gasteiger partial charge in [0.1, 0.15) is 11.8 Å². The number of hydrogen-bond acceptors (Lipinski definition) is 3. The molecular formula is C11H14N2O4. The highest BCUT2D eigenvalue weighted by atomic mass is 16.5. The van der Waals surface area contributed by atoms with Crippen LogP contribution in [0.15, 0.2) is 6.07 Å². The third-order valence-electron chi connectivity index (χ3n) is 2.65. The number of carbonyl (C=O) groups excluding carboxylic acids is 1. The van der Waals surface area contributed by atoms with Crippen molar-refractivity contribution in [3.8, 4) is 0 Å². The zero-order chi connectivity index (χ0) is 12.4.